The number of aromatic nitrogens is 3. The molecule has 5 heteroatoms. The summed E-state index contributed by atoms with van der Waals surface area (Å²) in [5.41, 5.74) is 15.4. The van der Waals surface area contributed by atoms with Gasteiger partial charge >= 0.3 is 0 Å². The van der Waals surface area contributed by atoms with Crippen LogP contribution in [-0.2, 0) is 39.3 Å². The zero-order valence-electron chi connectivity index (χ0n) is 31.3. The van der Waals surface area contributed by atoms with Gasteiger partial charge in [0, 0.05) is 38.6 Å². The number of fused-ring (bicyclic) bond motifs is 2. The van der Waals surface area contributed by atoms with E-state index in [1.807, 2.05) is 30.5 Å². The van der Waals surface area contributed by atoms with Gasteiger partial charge in [0.05, 0.1) is 16.6 Å². The van der Waals surface area contributed by atoms with Crippen LogP contribution in [0.25, 0.3) is 72.7 Å². The van der Waals surface area contributed by atoms with E-state index in [2.05, 4.69) is 147 Å². The van der Waals surface area contributed by atoms with Gasteiger partial charge in [-0.15, -0.1) is 29.3 Å². The number of para-hydroxylation sites is 2. The number of phenols is 1. The summed E-state index contributed by atoms with van der Waals surface area (Å²) in [6, 6.07) is 52.7. The minimum Gasteiger partial charge on any atom is -0.507 e. The molecule has 2 aromatic heterocycles. The summed E-state index contributed by atoms with van der Waals surface area (Å²) in [7, 11) is 0. The third-order valence-electron chi connectivity index (χ3n) is 10.8. The number of benzene rings is 6. The van der Waals surface area contributed by atoms with Crippen LogP contribution in [0.4, 0.5) is 0 Å². The zero-order valence-corrected chi connectivity index (χ0v) is 33.6. The van der Waals surface area contributed by atoms with E-state index in [1.54, 1.807) is 0 Å². The number of hydrogen-bond donors (Lipinski definition) is 1. The van der Waals surface area contributed by atoms with Crippen LogP contribution in [0.1, 0.15) is 50.3 Å². The monoisotopic (exact) mass is 895 g/mol. The molecule has 1 aliphatic rings. The van der Waals surface area contributed by atoms with Gasteiger partial charge in [-0.2, -0.15) is 0 Å². The van der Waals surface area contributed by atoms with E-state index in [-0.39, 0.29) is 26.5 Å². The molecule has 1 aliphatic carbocycles. The van der Waals surface area contributed by atoms with Crippen molar-refractivity contribution in [3.63, 3.8) is 0 Å². The third kappa shape index (κ3) is 6.96. The molecular formula is C50H42N3OPt-. The fourth-order valence-electron chi connectivity index (χ4n) is 7.85. The maximum absolute atomic E-state index is 11.8. The Morgan fingerprint density at radius 1 is 0.636 bits per heavy atom. The molecule has 0 radical (unpaired) electrons. The minimum absolute atomic E-state index is 0. The minimum atomic E-state index is -0.124. The number of aryl methyl sites for hydroxylation is 1. The summed E-state index contributed by atoms with van der Waals surface area (Å²) in [6.45, 7) is 6.74. The molecule has 0 fully saturated rings. The van der Waals surface area contributed by atoms with E-state index in [9.17, 15) is 5.11 Å². The molecule has 1 N–H and O–H groups in total. The van der Waals surface area contributed by atoms with Gasteiger partial charge in [0.1, 0.15) is 11.6 Å². The van der Waals surface area contributed by atoms with E-state index < -0.39 is 0 Å². The Balaban J connectivity index is 0.00000427. The number of nitrogens with zero attached hydrogens (tertiary/aromatic N) is 3. The molecule has 274 valence electrons. The molecule has 0 saturated heterocycles. The Bertz CT molecular complexity index is 2640. The Labute approximate surface area is 337 Å². The molecule has 0 atom stereocenters. The van der Waals surface area contributed by atoms with Crippen LogP contribution in [0.3, 0.4) is 0 Å². The van der Waals surface area contributed by atoms with Crippen molar-refractivity contribution in [3.8, 4) is 67.5 Å². The summed E-state index contributed by atoms with van der Waals surface area (Å²) in [4.78, 5) is 10.3. The number of aromatic hydroxyl groups is 1. The summed E-state index contributed by atoms with van der Waals surface area (Å²) in [5, 5.41) is 11.8. The van der Waals surface area contributed by atoms with Gasteiger partial charge in [0.2, 0.25) is 0 Å². The molecule has 4 nitrogen and oxygen atoms in total. The number of rotatable bonds is 6. The first-order valence-corrected chi connectivity index (χ1v) is 18.9. The smallest absolute Gasteiger partial charge is 0.148 e. The third-order valence-corrected chi connectivity index (χ3v) is 10.8. The van der Waals surface area contributed by atoms with Gasteiger partial charge in [0.15, 0.2) is 0 Å². The van der Waals surface area contributed by atoms with Crippen LogP contribution >= 0.6 is 0 Å². The van der Waals surface area contributed by atoms with Gasteiger partial charge in [-0.05, 0) is 94.8 Å². The maximum atomic E-state index is 11.8. The number of hydrogen-bond acceptors (Lipinski definition) is 3. The second kappa shape index (κ2) is 14.9. The Kier molecular flexibility index (Phi) is 9.88. The summed E-state index contributed by atoms with van der Waals surface area (Å²) in [5.74, 6) is 1.08. The van der Waals surface area contributed by atoms with E-state index in [4.69, 9.17) is 9.97 Å². The molecule has 0 spiro atoms. The van der Waals surface area contributed by atoms with Crippen molar-refractivity contribution in [2.75, 3.05) is 0 Å². The van der Waals surface area contributed by atoms with Crippen molar-refractivity contribution in [2.24, 2.45) is 0 Å². The van der Waals surface area contributed by atoms with Gasteiger partial charge in [-0.3, -0.25) is 9.55 Å². The molecule has 0 amide bonds. The molecular weight excluding hydrogens is 854 g/mol. The molecule has 8 aromatic rings. The summed E-state index contributed by atoms with van der Waals surface area (Å²) < 4.78 is 2.19. The fraction of sp³-hybridized carbons (Fsp3) is 0.160. The van der Waals surface area contributed by atoms with Crippen molar-refractivity contribution in [1.29, 1.82) is 0 Å². The topological polar surface area (TPSA) is 50.9 Å². The second-order valence-corrected chi connectivity index (χ2v) is 15.4. The first-order valence-electron chi connectivity index (χ1n) is 18.9. The average Bonchev–Trinajstić information content (AvgIpc) is 3.61. The van der Waals surface area contributed by atoms with Crippen molar-refractivity contribution in [1.82, 2.24) is 14.5 Å². The quantitative estimate of drug-likeness (QED) is 0.169. The number of imidazole rings is 1. The first kappa shape index (κ1) is 36.4. The van der Waals surface area contributed by atoms with E-state index in [0.717, 1.165) is 92.9 Å². The predicted molar refractivity (Wildman–Crippen MR) is 222 cm³/mol. The van der Waals surface area contributed by atoms with Crippen LogP contribution in [0.15, 0.2) is 146 Å². The van der Waals surface area contributed by atoms with Gasteiger partial charge in [-0.25, -0.2) is 4.98 Å². The molecule has 0 bridgehead atoms. The summed E-state index contributed by atoms with van der Waals surface area (Å²) >= 11 is 0. The molecule has 0 saturated carbocycles. The molecule has 55 heavy (non-hydrogen) atoms. The van der Waals surface area contributed by atoms with Gasteiger partial charge in [-0.1, -0.05) is 129 Å². The van der Waals surface area contributed by atoms with Crippen LogP contribution < -0.4 is 0 Å². The van der Waals surface area contributed by atoms with Crippen molar-refractivity contribution < 1.29 is 26.2 Å². The van der Waals surface area contributed by atoms with Crippen LogP contribution in [0, 0.1) is 6.07 Å². The molecule has 2 heterocycles. The van der Waals surface area contributed by atoms with Crippen LogP contribution in [-0.4, -0.2) is 19.6 Å². The largest absolute Gasteiger partial charge is 0.507 e. The second-order valence-electron chi connectivity index (χ2n) is 15.4. The van der Waals surface area contributed by atoms with Crippen LogP contribution in [0.2, 0.25) is 0 Å². The van der Waals surface area contributed by atoms with Crippen molar-refractivity contribution in [3.05, 3.63) is 168 Å². The van der Waals surface area contributed by atoms with Crippen molar-refractivity contribution in [2.45, 2.75) is 51.9 Å². The molecule has 9 rings (SSSR count). The first-order chi connectivity index (χ1) is 26.3. The maximum Gasteiger partial charge on any atom is 0.148 e. The van der Waals surface area contributed by atoms with E-state index in [1.165, 1.54) is 22.3 Å². The fourth-order valence-corrected chi connectivity index (χ4v) is 7.85. The molecule has 0 aliphatic heterocycles. The van der Waals surface area contributed by atoms with E-state index >= 15 is 0 Å². The average molecular weight is 896 g/mol. The number of phenolic OH excluding ortho intramolecular Hbond substituents is 1. The SMILES string of the molecule is CC(C)(C)c1cc(-c2cc(-c3ccc(-c4ccccc4)cc3)ccn2)[c-]c(-c2cccc3c2nc(-c2ccc4c(c2O)CCCC4)n3-c2ccccc2)c1.[Pt]. The van der Waals surface area contributed by atoms with Crippen molar-refractivity contribution >= 4 is 11.0 Å². The molecule has 0 unspecified atom stereocenters. The van der Waals surface area contributed by atoms with Gasteiger partial charge in [0.25, 0.3) is 0 Å². The predicted octanol–water partition coefficient (Wildman–Crippen LogP) is 12.4. The van der Waals surface area contributed by atoms with E-state index in [0.29, 0.717) is 5.75 Å². The Morgan fingerprint density at radius 3 is 2.05 bits per heavy atom. The number of pyridine rings is 1. The normalized spacial score (nSPS) is 12.6. The van der Waals surface area contributed by atoms with Crippen LogP contribution in [0.5, 0.6) is 5.75 Å². The summed E-state index contributed by atoms with van der Waals surface area (Å²) in [6.07, 6.45) is 6.03. The Hall–Kier alpha value is -5.57. The van der Waals surface area contributed by atoms with Gasteiger partial charge < -0.3 is 5.11 Å². The molecule has 6 aromatic carbocycles. The standard InChI is InChI=1S/C50H42N3O.Pt/c1-50(2,3)40-30-38(29-39(31-40)45-32-37(27-28-51-45)35-23-21-34(22-24-35)33-13-6-4-7-14-33)42-19-12-20-46-47(42)52-49(53(46)41-16-8-5-9-17-41)44-26-25-36-15-10-11-18-43(36)48(44)54;/h4-9,12-14,16-17,19-28,30-32,54H,10-11,15,18H2,1-3H3;/q-1;. The zero-order chi connectivity index (χ0) is 36.8. The Morgan fingerprint density at radius 2 is 1.31 bits per heavy atom.